The van der Waals surface area contributed by atoms with Crippen molar-refractivity contribution in [1.29, 1.82) is 0 Å². The van der Waals surface area contributed by atoms with Crippen LogP contribution in [0.3, 0.4) is 0 Å². The van der Waals surface area contributed by atoms with Crippen LogP contribution >= 0.6 is 0 Å². The zero-order valence-corrected chi connectivity index (χ0v) is 18.7. The van der Waals surface area contributed by atoms with Crippen LogP contribution in [-0.4, -0.2) is 47.4 Å². The number of benzene rings is 2. The minimum absolute atomic E-state index is 0.138. The molecule has 2 aromatic carbocycles. The van der Waals surface area contributed by atoms with E-state index >= 15 is 0 Å². The number of hydrogen-bond donors (Lipinski definition) is 2. The highest BCUT2D eigenvalue weighted by Crippen LogP contribution is 2.33. The molecule has 0 saturated heterocycles. The highest BCUT2D eigenvalue weighted by molar-refractivity contribution is 7.90. The van der Waals surface area contributed by atoms with E-state index in [-0.39, 0.29) is 11.5 Å². The summed E-state index contributed by atoms with van der Waals surface area (Å²) in [5.74, 6) is 2.03. The third kappa shape index (κ3) is 4.90. The molecule has 8 nitrogen and oxygen atoms in total. The van der Waals surface area contributed by atoms with E-state index in [0.717, 1.165) is 17.5 Å². The van der Waals surface area contributed by atoms with Gasteiger partial charge in [0.1, 0.15) is 29.2 Å². The van der Waals surface area contributed by atoms with Crippen molar-refractivity contribution in [3.63, 3.8) is 0 Å². The highest BCUT2D eigenvalue weighted by atomic mass is 32.2. The predicted octanol–water partition coefficient (Wildman–Crippen LogP) is 3.89. The van der Waals surface area contributed by atoms with Gasteiger partial charge in [-0.1, -0.05) is 0 Å². The molecule has 4 aromatic rings. The van der Waals surface area contributed by atoms with Gasteiger partial charge in [-0.05, 0) is 62.4 Å². The number of aromatic nitrogens is 3. The van der Waals surface area contributed by atoms with Crippen LogP contribution in [0.5, 0.6) is 17.2 Å². The van der Waals surface area contributed by atoms with Gasteiger partial charge in [0.05, 0.1) is 17.0 Å². The summed E-state index contributed by atoms with van der Waals surface area (Å²) in [6.45, 7) is 3.52. The van der Waals surface area contributed by atoms with Crippen LogP contribution < -0.4 is 9.47 Å². The van der Waals surface area contributed by atoms with Crippen LogP contribution in [0.1, 0.15) is 12.6 Å². The lowest BCUT2D eigenvalue weighted by Gasteiger charge is -2.15. The first-order valence-electron chi connectivity index (χ1n) is 9.95. The van der Waals surface area contributed by atoms with Gasteiger partial charge < -0.3 is 19.6 Å². The number of pyridine rings is 1. The fourth-order valence-corrected chi connectivity index (χ4v) is 3.75. The Morgan fingerprint density at radius 2 is 1.72 bits per heavy atom. The number of aromatic amines is 1. The van der Waals surface area contributed by atoms with Gasteiger partial charge >= 0.3 is 0 Å². The summed E-state index contributed by atoms with van der Waals surface area (Å²) in [5, 5.41) is 9.37. The Kier molecular flexibility index (Phi) is 5.86. The fourth-order valence-electron chi connectivity index (χ4n) is 3.12. The first-order valence-corrected chi connectivity index (χ1v) is 11.8. The van der Waals surface area contributed by atoms with Crippen molar-refractivity contribution in [1.82, 2.24) is 15.0 Å². The van der Waals surface area contributed by atoms with Gasteiger partial charge in [0.2, 0.25) is 0 Å². The van der Waals surface area contributed by atoms with Gasteiger partial charge in [-0.3, -0.25) is 0 Å². The third-order valence-corrected chi connectivity index (χ3v) is 5.85. The van der Waals surface area contributed by atoms with Crippen molar-refractivity contribution in [3.8, 4) is 28.6 Å². The summed E-state index contributed by atoms with van der Waals surface area (Å²) in [4.78, 5) is 12.5. The molecule has 1 atom stereocenters. The largest absolute Gasteiger partial charge is 0.488 e. The average Bonchev–Trinajstić information content (AvgIpc) is 3.16. The fraction of sp³-hybridized carbons (Fsp3) is 0.217. The van der Waals surface area contributed by atoms with E-state index in [1.807, 2.05) is 19.1 Å². The Morgan fingerprint density at radius 3 is 2.41 bits per heavy atom. The molecular formula is C23H23N3O5S. The summed E-state index contributed by atoms with van der Waals surface area (Å²) < 4.78 is 35.1. The molecule has 9 heteroatoms. The Morgan fingerprint density at radius 1 is 1.00 bits per heavy atom. The number of aliphatic hydroxyl groups is 1. The Balaban J connectivity index is 1.71. The number of H-pyrrole nitrogens is 1. The SMILES string of the molecule is Cc1ccc2[nH]c(-c3cc(Oc4ccc(S(C)(=O)=O)cc4)cc(O[C@@H](C)CO)c3)nc2n1. The number of imidazole rings is 1. The second-order valence-corrected chi connectivity index (χ2v) is 9.57. The molecule has 0 unspecified atom stereocenters. The minimum Gasteiger partial charge on any atom is -0.488 e. The van der Waals surface area contributed by atoms with E-state index in [0.29, 0.717) is 34.3 Å². The smallest absolute Gasteiger partial charge is 0.178 e. The van der Waals surface area contributed by atoms with Gasteiger partial charge in [-0.2, -0.15) is 0 Å². The molecule has 0 radical (unpaired) electrons. The lowest BCUT2D eigenvalue weighted by molar-refractivity contribution is 0.129. The van der Waals surface area contributed by atoms with E-state index in [1.165, 1.54) is 12.1 Å². The molecule has 166 valence electrons. The minimum atomic E-state index is -3.29. The van der Waals surface area contributed by atoms with Crippen LogP contribution in [0.15, 0.2) is 59.5 Å². The van der Waals surface area contributed by atoms with E-state index < -0.39 is 15.9 Å². The zero-order valence-electron chi connectivity index (χ0n) is 17.9. The lowest BCUT2D eigenvalue weighted by atomic mass is 10.2. The van der Waals surface area contributed by atoms with Crippen molar-refractivity contribution < 1.29 is 23.0 Å². The standard InChI is InChI=1S/C23H23N3O5S/c1-14-4-9-21-23(24-14)26-22(25-21)16-10-18(30-15(2)13-27)12-19(11-16)31-17-5-7-20(8-6-17)32(3,28)29/h4-12,15,27H,13H2,1-3H3,(H,24,25,26)/t15-/m0/s1. The van der Waals surface area contributed by atoms with E-state index in [1.54, 1.807) is 37.3 Å². The Bertz CT molecular complexity index is 1360. The monoisotopic (exact) mass is 453 g/mol. The second-order valence-electron chi connectivity index (χ2n) is 7.56. The molecule has 32 heavy (non-hydrogen) atoms. The molecule has 0 bridgehead atoms. The summed E-state index contributed by atoms with van der Waals surface area (Å²) in [7, 11) is -3.29. The maximum atomic E-state index is 11.7. The van der Waals surface area contributed by atoms with Crippen molar-refractivity contribution in [3.05, 3.63) is 60.3 Å². The van der Waals surface area contributed by atoms with E-state index in [2.05, 4.69) is 15.0 Å². The maximum Gasteiger partial charge on any atom is 0.178 e. The number of fused-ring (bicyclic) bond motifs is 1. The predicted molar refractivity (Wildman–Crippen MR) is 121 cm³/mol. The summed E-state index contributed by atoms with van der Waals surface area (Å²) in [5.41, 5.74) is 2.99. The molecule has 2 aromatic heterocycles. The summed E-state index contributed by atoms with van der Waals surface area (Å²) in [6.07, 6.45) is 0.745. The molecule has 2 N–H and O–H groups in total. The van der Waals surface area contributed by atoms with Crippen molar-refractivity contribution >= 4 is 21.0 Å². The number of hydrogen-bond acceptors (Lipinski definition) is 7. The first-order chi connectivity index (χ1) is 15.2. The lowest BCUT2D eigenvalue weighted by Crippen LogP contribution is -2.16. The van der Waals surface area contributed by atoms with Gasteiger partial charge in [0, 0.05) is 23.6 Å². The van der Waals surface area contributed by atoms with Crippen molar-refractivity contribution in [2.45, 2.75) is 24.8 Å². The first kappa shape index (κ1) is 21.8. The second kappa shape index (κ2) is 8.60. The van der Waals surface area contributed by atoms with Crippen molar-refractivity contribution in [2.75, 3.05) is 12.9 Å². The van der Waals surface area contributed by atoms with E-state index in [9.17, 15) is 13.5 Å². The van der Waals surface area contributed by atoms with Crippen LogP contribution in [0, 0.1) is 6.92 Å². The quantitative estimate of drug-likeness (QED) is 0.436. The van der Waals surface area contributed by atoms with E-state index in [4.69, 9.17) is 9.47 Å². The molecule has 0 fully saturated rings. The number of sulfone groups is 1. The number of ether oxygens (including phenoxy) is 2. The number of nitrogens with zero attached hydrogens (tertiary/aromatic N) is 2. The Labute approximate surface area is 185 Å². The van der Waals surface area contributed by atoms with Crippen LogP contribution in [0.4, 0.5) is 0 Å². The van der Waals surface area contributed by atoms with Gasteiger partial charge in [-0.15, -0.1) is 0 Å². The molecule has 0 aliphatic rings. The van der Waals surface area contributed by atoms with Crippen LogP contribution in [-0.2, 0) is 9.84 Å². The summed E-state index contributed by atoms with van der Waals surface area (Å²) in [6, 6.07) is 15.3. The highest BCUT2D eigenvalue weighted by Gasteiger charge is 2.13. The topological polar surface area (TPSA) is 114 Å². The molecule has 2 heterocycles. The molecule has 0 aliphatic carbocycles. The number of aliphatic hydroxyl groups excluding tert-OH is 1. The van der Waals surface area contributed by atoms with Crippen molar-refractivity contribution in [2.24, 2.45) is 0 Å². The zero-order chi connectivity index (χ0) is 22.9. The molecular weight excluding hydrogens is 430 g/mol. The van der Waals surface area contributed by atoms with Gasteiger partial charge in [0.25, 0.3) is 0 Å². The third-order valence-electron chi connectivity index (χ3n) is 4.72. The number of rotatable bonds is 7. The molecule has 0 saturated carbocycles. The van der Waals surface area contributed by atoms with Gasteiger partial charge in [0.15, 0.2) is 15.5 Å². The average molecular weight is 454 g/mol. The summed E-state index contributed by atoms with van der Waals surface area (Å²) >= 11 is 0. The number of nitrogens with one attached hydrogen (secondary N) is 1. The molecule has 0 amide bonds. The van der Waals surface area contributed by atoms with Crippen LogP contribution in [0.2, 0.25) is 0 Å². The van der Waals surface area contributed by atoms with Crippen LogP contribution in [0.25, 0.3) is 22.6 Å². The Hall–Kier alpha value is -3.43. The maximum absolute atomic E-state index is 11.7. The normalized spacial score (nSPS) is 12.6. The van der Waals surface area contributed by atoms with Gasteiger partial charge in [-0.25, -0.2) is 18.4 Å². The molecule has 4 rings (SSSR count). The number of aryl methyl sites for hydroxylation is 1. The molecule has 0 aliphatic heterocycles. The molecule has 0 spiro atoms.